The molecule has 0 aliphatic carbocycles. The second-order valence-corrected chi connectivity index (χ2v) is 2.52. The van der Waals surface area contributed by atoms with Gasteiger partial charge in [-0.25, -0.2) is 18.6 Å². The molecule has 4 nitrogen and oxygen atoms in total. The first-order valence-corrected chi connectivity index (χ1v) is 3.73. The topological polar surface area (TPSA) is 59.4 Å². The van der Waals surface area contributed by atoms with Crippen LogP contribution in [0.3, 0.4) is 0 Å². The molecule has 82 valence electrons. The molecule has 0 unspecified atom stereocenters. The van der Waals surface area contributed by atoms with Crippen molar-refractivity contribution in [1.82, 2.24) is 4.98 Å². The van der Waals surface area contributed by atoms with Crippen LogP contribution in [0, 0.1) is 5.95 Å². The van der Waals surface area contributed by atoms with E-state index in [0.29, 0.717) is 6.07 Å². The molecule has 1 aromatic heterocycles. The lowest BCUT2D eigenvalue weighted by Gasteiger charge is -2.07. The molecule has 0 radical (unpaired) electrons. The van der Waals surface area contributed by atoms with Crippen LogP contribution in [-0.4, -0.2) is 23.2 Å². The maximum Gasteiger partial charge on any atom is 0.337 e. The van der Waals surface area contributed by atoms with Gasteiger partial charge in [-0.1, -0.05) is 0 Å². The van der Waals surface area contributed by atoms with Crippen LogP contribution in [0.15, 0.2) is 6.07 Å². The summed E-state index contributed by atoms with van der Waals surface area (Å²) in [5.41, 5.74) is -1.89. The van der Waals surface area contributed by atoms with Gasteiger partial charge in [-0.3, -0.25) is 0 Å². The highest BCUT2D eigenvalue weighted by atomic mass is 19.3. The molecular formula is C8H6F3NO3. The van der Waals surface area contributed by atoms with E-state index in [1.54, 1.807) is 0 Å². The Kier molecular flexibility index (Phi) is 3.13. The molecule has 0 bridgehead atoms. The van der Waals surface area contributed by atoms with Crippen LogP contribution >= 0.6 is 0 Å². The number of hydrogen-bond donors (Lipinski definition) is 1. The minimum atomic E-state index is -3.16. The van der Waals surface area contributed by atoms with Gasteiger partial charge in [0.15, 0.2) is 5.75 Å². The largest absolute Gasteiger partial charge is 0.492 e. The number of aromatic nitrogens is 1. The Morgan fingerprint density at radius 1 is 1.60 bits per heavy atom. The summed E-state index contributed by atoms with van der Waals surface area (Å²) in [5.74, 6) is -3.37. The first-order valence-electron chi connectivity index (χ1n) is 3.73. The van der Waals surface area contributed by atoms with Crippen molar-refractivity contribution >= 4 is 5.97 Å². The van der Waals surface area contributed by atoms with Gasteiger partial charge in [0.05, 0.1) is 12.7 Å². The van der Waals surface area contributed by atoms with E-state index in [9.17, 15) is 18.0 Å². The average molecular weight is 221 g/mol. The molecule has 0 amide bonds. The number of carboxylic acids is 1. The van der Waals surface area contributed by atoms with Crippen LogP contribution in [0.1, 0.15) is 22.5 Å². The van der Waals surface area contributed by atoms with E-state index in [1.807, 2.05) is 0 Å². The molecule has 0 atom stereocenters. The summed E-state index contributed by atoms with van der Waals surface area (Å²) in [6.45, 7) is 0. The molecule has 0 aliphatic rings. The summed E-state index contributed by atoms with van der Waals surface area (Å²) >= 11 is 0. The summed E-state index contributed by atoms with van der Waals surface area (Å²) in [7, 11) is 1.08. The van der Waals surface area contributed by atoms with Gasteiger partial charge >= 0.3 is 5.97 Å². The molecule has 1 rings (SSSR count). The Morgan fingerprint density at radius 3 is 2.60 bits per heavy atom. The monoisotopic (exact) mass is 221 g/mol. The molecule has 0 saturated carbocycles. The van der Waals surface area contributed by atoms with E-state index in [4.69, 9.17) is 5.11 Å². The predicted molar refractivity (Wildman–Crippen MR) is 42.7 cm³/mol. The van der Waals surface area contributed by atoms with Crippen LogP contribution in [0.4, 0.5) is 13.2 Å². The van der Waals surface area contributed by atoms with Crippen LogP contribution in [0.2, 0.25) is 0 Å². The van der Waals surface area contributed by atoms with Crippen LogP contribution in [0.5, 0.6) is 5.75 Å². The third-order valence-electron chi connectivity index (χ3n) is 1.63. The van der Waals surface area contributed by atoms with Gasteiger partial charge in [-0.2, -0.15) is 4.39 Å². The van der Waals surface area contributed by atoms with Gasteiger partial charge in [-0.05, 0) is 0 Å². The fraction of sp³-hybridized carbons (Fsp3) is 0.250. The van der Waals surface area contributed by atoms with Gasteiger partial charge in [0.1, 0.15) is 5.69 Å². The minimum Gasteiger partial charge on any atom is -0.492 e. The summed E-state index contributed by atoms with van der Waals surface area (Å²) in [6, 6.07) is 0.673. The number of hydrogen-bond acceptors (Lipinski definition) is 3. The number of rotatable bonds is 3. The van der Waals surface area contributed by atoms with Crippen molar-refractivity contribution in [3.05, 3.63) is 23.3 Å². The van der Waals surface area contributed by atoms with E-state index in [0.717, 1.165) is 7.11 Å². The van der Waals surface area contributed by atoms with E-state index in [1.165, 1.54) is 0 Å². The zero-order chi connectivity index (χ0) is 11.6. The molecule has 1 heterocycles. The first-order chi connectivity index (χ1) is 6.97. The SMILES string of the molecule is COc1cc(C(=O)O)c(C(F)F)nc1F. The fourth-order valence-corrected chi connectivity index (χ4v) is 0.966. The van der Waals surface area contributed by atoms with Crippen LogP contribution in [0.25, 0.3) is 0 Å². The number of carboxylic acid groups (broad SMARTS) is 1. The molecule has 1 aromatic rings. The van der Waals surface area contributed by atoms with Gasteiger partial charge in [0, 0.05) is 6.07 Å². The highest BCUT2D eigenvalue weighted by Gasteiger charge is 2.23. The maximum atomic E-state index is 12.9. The van der Waals surface area contributed by atoms with E-state index < -0.39 is 35.3 Å². The van der Waals surface area contributed by atoms with Gasteiger partial charge < -0.3 is 9.84 Å². The highest BCUT2D eigenvalue weighted by molar-refractivity contribution is 5.89. The van der Waals surface area contributed by atoms with E-state index in [-0.39, 0.29) is 0 Å². The van der Waals surface area contributed by atoms with Crippen molar-refractivity contribution in [1.29, 1.82) is 0 Å². The fourth-order valence-electron chi connectivity index (χ4n) is 0.966. The van der Waals surface area contributed by atoms with Crippen molar-refractivity contribution < 1.29 is 27.8 Å². The molecule has 0 fully saturated rings. The van der Waals surface area contributed by atoms with Crippen molar-refractivity contribution in [2.24, 2.45) is 0 Å². The number of carbonyl (C=O) groups is 1. The first kappa shape index (κ1) is 11.3. The molecule has 15 heavy (non-hydrogen) atoms. The second-order valence-electron chi connectivity index (χ2n) is 2.52. The van der Waals surface area contributed by atoms with Gasteiger partial charge in [0.25, 0.3) is 12.4 Å². The third kappa shape index (κ3) is 2.17. The standard InChI is InChI=1S/C8H6F3NO3/c1-15-4-2-3(8(13)14)5(6(9)10)12-7(4)11/h2,6H,1H3,(H,13,14). The lowest BCUT2D eigenvalue weighted by atomic mass is 10.2. The molecular weight excluding hydrogens is 215 g/mol. The summed E-state index contributed by atoms with van der Waals surface area (Å²) in [5, 5.41) is 8.57. The Hall–Kier alpha value is -1.79. The molecule has 0 aliphatic heterocycles. The number of alkyl halides is 2. The molecule has 0 saturated heterocycles. The zero-order valence-electron chi connectivity index (χ0n) is 7.50. The highest BCUT2D eigenvalue weighted by Crippen LogP contribution is 2.26. The van der Waals surface area contributed by atoms with Crippen LogP contribution in [-0.2, 0) is 0 Å². The third-order valence-corrected chi connectivity index (χ3v) is 1.63. The second kappa shape index (κ2) is 4.16. The summed E-state index contributed by atoms with van der Waals surface area (Å²) < 4.78 is 41.9. The Morgan fingerprint density at radius 2 is 2.20 bits per heavy atom. The number of nitrogens with zero attached hydrogens (tertiary/aromatic N) is 1. The Labute approximate surface area is 82.3 Å². The van der Waals surface area contributed by atoms with E-state index in [2.05, 4.69) is 9.72 Å². The maximum absolute atomic E-state index is 12.9. The van der Waals surface area contributed by atoms with Crippen LogP contribution < -0.4 is 4.74 Å². The molecule has 1 N–H and O–H groups in total. The number of ether oxygens (including phenoxy) is 1. The summed E-state index contributed by atoms with van der Waals surface area (Å²) in [6.07, 6.45) is -3.16. The van der Waals surface area contributed by atoms with E-state index >= 15 is 0 Å². The van der Waals surface area contributed by atoms with Crippen molar-refractivity contribution in [2.75, 3.05) is 7.11 Å². The average Bonchev–Trinajstić information content (AvgIpc) is 2.16. The van der Waals surface area contributed by atoms with Gasteiger partial charge in [0.2, 0.25) is 0 Å². The Balaban J connectivity index is 3.39. The normalized spacial score (nSPS) is 10.5. The minimum absolute atomic E-state index is 0.489. The lowest BCUT2D eigenvalue weighted by molar-refractivity contribution is 0.0681. The van der Waals surface area contributed by atoms with Crippen molar-refractivity contribution in [2.45, 2.75) is 6.43 Å². The van der Waals surface area contributed by atoms with Crippen molar-refractivity contribution in [3.63, 3.8) is 0 Å². The molecule has 7 heteroatoms. The summed E-state index contributed by atoms with van der Waals surface area (Å²) in [4.78, 5) is 13.4. The smallest absolute Gasteiger partial charge is 0.337 e. The number of halogens is 3. The Bertz CT molecular complexity index is 395. The zero-order valence-corrected chi connectivity index (χ0v) is 7.50. The molecule has 0 aromatic carbocycles. The predicted octanol–water partition coefficient (Wildman–Crippen LogP) is 1.87. The lowest BCUT2D eigenvalue weighted by Crippen LogP contribution is -2.08. The molecule has 0 spiro atoms. The number of methoxy groups -OCH3 is 1. The van der Waals surface area contributed by atoms with Gasteiger partial charge in [-0.15, -0.1) is 0 Å². The number of pyridine rings is 1. The quantitative estimate of drug-likeness (QED) is 0.791. The van der Waals surface area contributed by atoms with Crippen molar-refractivity contribution in [3.8, 4) is 5.75 Å². The number of aromatic carboxylic acids is 1.